The molecule has 0 fully saturated rings. The lowest BCUT2D eigenvalue weighted by Crippen LogP contribution is -1.89. The van der Waals surface area contributed by atoms with Crippen LogP contribution in [0.1, 0.15) is 0 Å². The minimum Gasteiger partial charge on any atom is -0.496 e. The highest BCUT2D eigenvalue weighted by Crippen LogP contribution is 2.31. The summed E-state index contributed by atoms with van der Waals surface area (Å²) in [5, 5.41) is 0. The molecule has 0 aliphatic heterocycles. The number of hydrogen-bond donors (Lipinski definition) is 1. The Kier molecular flexibility index (Phi) is 3.15. The first-order valence-electron chi connectivity index (χ1n) is 4.83. The van der Waals surface area contributed by atoms with Gasteiger partial charge in [-0.2, -0.15) is 0 Å². The molecular weight excluding hydrogens is 223 g/mol. The normalized spacial score (nSPS) is 10.2. The summed E-state index contributed by atoms with van der Waals surface area (Å²) in [5.41, 5.74) is 1.63. The molecule has 0 bridgehead atoms. The van der Waals surface area contributed by atoms with Crippen LogP contribution in [-0.4, -0.2) is 7.11 Å². The van der Waals surface area contributed by atoms with Gasteiger partial charge in [0.1, 0.15) is 11.6 Å². The molecule has 3 heteroatoms. The van der Waals surface area contributed by atoms with E-state index in [1.54, 1.807) is 13.2 Å². The molecule has 2 aromatic carbocycles. The van der Waals surface area contributed by atoms with Gasteiger partial charge in [-0.3, -0.25) is 0 Å². The van der Waals surface area contributed by atoms with Crippen molar-refractivity contribution in [3.63, 3.8) is 0 Å². The first kappa shape index (κ1) is 11.0. The second-order valence-corrected chi connectivity index (χ2v) is 3.91. The summed E-state index contributed by atoms with van der Waals surface area (Å²) in [6.45, 7) is 0. The number of rotatable bonds is 2. The lowest BCUT2D eigenvalue weighted by molar-refractivity contribution is 0.415. The molecule has 0 saturated carbocycles. The molecule has 2 rings (SSSR count). The van der Waals surface area contributed by atoms with Gasteiger partial charge in [-0.1, -0.05) is 12.1 Å². The van der Waals surface area contributed by atoms with E-state index < -0.39 is 0 Å². The van der Waals surface area contributed by atoms with Gasteiger partial charge in [0.05, 0.1) is 7.11 Å². The fourth-order valence-corrected chi connectivity index (χ4v) is 1.80. The third-order valence-corrected chi connectivity index (χ3v) is 2.60. The maximum absolute atomic E-state index is 13.2. The van der Waals surface area contributed by atoms with Crippen molar-refractivity contribution in [2.24, 2.45) is 0 Å². The average molecular weight is 234 g/mol. The molecule has 2 aromatic rings. The number of halogens is 1. The van der Waals surface area contributed by atoms with Gasteiger partial charge in [-0.25, -0.2) is 4.39 Å². The third-order valence-electron chi connectivity index (χ3n) is 2.32. The van der Waals surface area contributed by atoms with Crippen molar-refractivity contribution in [3.8, 4) is 16.9 Å². The molecule has 0 radical (unpaired) electrons. The summed E-state index contributed by atoms with van der Waals surface area (Å²) in [6.07, 6.45) is 0. The van der Waals surface area contributed by atoms with Crippen molar-refractivity contribution in [2.75, 3.05) is 7.11 Å². The minimum atomic E-state index is -0.277. The third kappa shape index (κ3) is 2.19. The van der Waals surface area contributed by atoms with E-state index in [4.69, 9.17) is 4.74 Å². The summed E-state index contributed by atoms with van der Waals surface area (Å²) in [4.78, 5) is 0.837. The van der Waals surface area contributed by atoms with Crippen LogP contribution in [0.4, 0.5) is 4.39 Å². The SMILES string of the molecule is COc1ccc(F)cc1-c1cccc(S)c1. The fraction of sp³-hybridized carbons (Fsp3) is 0.0769. The minimum absolute atomic E-state index is 0.277. The number of ether oxygens (including phenoxy) is 1. The Morgan fingerprint density at radius 3 is 2.62 bits per heavy atom. The molecule has 0 saturated heterocycles. The van der Waals surface area contributed by atoms with E-state index in [1.165, 1.54) is 12.1 Å². The van der Waals surface area contributed by atoms with Crippen LogP contribution in [0.2, 0.25) is 0 Å². The maximum atomic E-state index is 13.2. The zero-order valence-electron chi connectivity index (χ0n) is 8.77. The van der Waals surface area contributed by atoms with Gasteiger partial charge < -0.3 is 4.74 Å². The Morgan fingerprint density at radius 1 is 1.12 bits per heavy atom. The maximum Gasteiger partial charge on any atom is 0.126 e. The van der Waals surface area contributed by atoms with Gasteiger partial charge in [-0.05, 0) is 35.9 Å². The monoisotopic (exact) mass is 234 g/mol. The van der Waals surface area contributed by atoms with Gasteiger partial charge >= 0.3 is 0 Å². The molecule has 16 heavy (non-hydrogen) atoms. The molecule has 0 aliphatic carbocycles. The highest BCUT2D eigenvalue weighted by molar-refractivity contribution is 7.80. The zero-order chi connectivity index (χ0) is 11.5. The Bertz CT molecular complexity index is 511. The molecule has 0 aromatic heterocycles. The lowest BCUT2D eigenvalue weighted by atomic mass is 10.0. The molecular formula is C13H11FOS. The molecule has 82 valence electrons. The molecule has 1 nitrogen and oxygen atoms in total. The number of benzene rings is 2. The number of methoxy groups -OCH3 is 1. The predicted molar refractivity (Wildman–Crippen MR) is 65.6 cm³/mol. The lowest BCUT2D eigenvalue weighted by Gasteiger charge is -2.09. The van der Waals surface area contributed by atoms with Crippen LogP contribution in [0.5, 0.6) is 5.75 Å². The standard InChI is InChI=1S/C13H11FOS/c1-15-13-6-5-10(14)8-12(13)9-3-2-4-11(16)7-9/h2-8,16H,1H3. The first-order valence-corrected chi connectivity index (χ1v) is 5.28. The molecule has 0 atom stereocenters. The van der Waals surface area contributed by atoms with Gasteiger partial charge in [-0.15, -0.1) is 12.6 Å². The summed E-state index contributed by atoms with van der Waals surface area (Å²) in [5.74, 6) is 0.376. The molecule has 0 aliphatic rings. The average Bonchev–Trinajstić information content (AvgIpc) is 2.29. The molecule has 0 N–H and O–H groups in total. The van der Waals surface area contributed by atoms with Gasteiger partial charge in [0, 0.05) is 10.5 Å². The van der Waals surface area contributed by atoms with Crippen LogP contribution in [0.25, 0.3) is 11.1 Å². The van der Waals surface area contributed by atoms with Crippen molar-refractivity contribution >= 4 is 12.6 Å². The van der Waals surface area contributed by atoms with Crippen LogP contribution in [0.15, 0.2) is 47.4 Å². The van der Waals surface area contributed by atoms with E-state index in [0.29, 0.717) is 5.75 Å². The summed E-state index contributed by atoms with van der Waals surface area (Å²) in [7, 11) is 1.57. The summed E-state index contributed by atoms with van der Waals surface area (Å²) >= 11 is 4.26. The second-order valence-electron chi connectivity index (χ2n) is 3.39. The van der Waals surface area contributed by atoms with Crippen molar-refractivity contribution in [2.45, 2.75) is 4.90 Å². The van der Waals surface area contributed by atoms with E-state index in [1.807, 2.05) is 24.3 Å². The zero-order valence-corrected chi connectivity index (χ0v) is 9.67. The van der Waals surface area contributed by atoms with E-state index in [2.05, 4.69) is 12.6 Å². The molecule has 0 unspecified atom stereocenters. The summed E-state index contributed by atoms with van der Waals surface area (Å²) < 4.78 is 18.4. The Hall–Kier alpha value is -1.48. The molecule has 0 spiro atoms. The largest absolute Gasteiger partial charge is 0.496 e. The summed E-state index contributed by atoms with van der Waals surface area (Å²) in [6, 6.07) is 12.0. The van der Waals surface area contributed by atoms with Crippen molar-refractivity contribution in [1.29, 1.82) is 0 Å². The van der Waals surface area contributed by atoms with Crippen molar-refractivity contribution in [3.05, 3.63) is 48.3 Å². The van der Waals surface area contributed by atoms with Crippen molar-refractivity contribution < 1.29 is 9.13 Å². The first-order chi connectivity index (χ1) is 7.70. The van der Waals surface area contributed by atoms with E-state index in [9.17, 15) is 4.39 Å². The quantitative estimate of drug-likeness (QED) is 0.778. The Labute approximate surface area is 99.3 Å². The van der Waals surface area contributed by atoms with Crippen LogP contribution in [-0.2, 0) is 0 Å². The predicted octanol–water partition coefficient (Wildman–Crippen LogP) is 3.79. The van der Waals surface area contributed by atoms with E-state index in [0.717, 1.165) is 16.0 Å². The molecule has 0 heterocycles. The van der Waals surface area contributed by atoms with E-state index >= 15 is 0 Å². The Balaban J connectivity index is 2.58. The second kappa shape index (κ2) is 4.58. The van der Waals surface area contributed by atoms with Crippen LogP contribution < -0.4 is 4.74 Å². The van der Waals surface area contributed by atoms with E-state index in [-0.39, 0.29) is 5.82 Å². The highest BCUT2D eigenvalue weighted by Gasteiger charge is 2.07. The number of thiol groups is 1. The topological polar surface area (TPSA) is 9.23 Å². The van der Waals surface area contributed by atoms with Crippen LogP contribution in [0.3, 0.4) is 0 Å². The Morgan fingerprint density at radius 2 is 1.94 bits per heavy atom. The van der Waals surface area contributed by atoms with Gasteiger partial charge in [0.15, 0.2) is 0 Å². The van der Waals surface area contributed by atoms with Gasteiger partial charge in [0.25, 0.3) is 0 Å². The van der Waals surface area contributed by atoms with Gasteiger partial charge in [0.2, 0.25) is 0 Å². The smallest absolute Gasteiger partial charge is 0.126 e. The van der Waals surface area contributed by atoms with Crippen molar-refractivity contribution in [1.82, 2.24) is 0 Å². The fourth-order valence-electron chi connectivity index (χ4n) is 1.58. The number of hydrogen-bond acceptors (Lipinski definition) is 2. The molecule has 0 amide bonds. The van der Waals surface area contributed by atoms with Crippen LogP contribution in [0, 0.1) is 5.82 Å². The van der Waals surface area contributed by atoms with Crippen LogP contribution >= 0.6 is 12.6 Å². The highest BCUT2D eigenvalue weighted by atomic mass is 32.1.